The fraction of sp³-hybridized carbons (Fsp3) is 1.00. The summed E-state index contributed by atoms with van der Waals surface area (Å²) in [5, 5.41) is 0. The molecule has 0 aromatic carbocycles. The van der Waals surface area contributed by atoms with E-state index in [4.69, 9.17) is 0 Å². The van der Waals surface area contributed by atoms with E-state index >= 15 is 0 Å². The van der Waals surface area contributed by atoms with Crippen molar-refractivity contribution in [2.24, 2.45) is 0 Å². The van der Waals surface area contributed by atoms with Crippen LogP contribution in [0.1, 0.15) is 0 Å². The molecule has 0 radical (unpaired) electrons. The molecule has 0 aliphatic heterocycles. The molecule has 0 saturated carbocycles. The van der Waals surface area contributed by atoms with Gasteiger partial charge in [-0.2, -0.15) is 0 Å². The molecule has 0 bridgehead atoms. The van der Waals surface area contributed by atoms with Crippen molar-refractivity contribution in [3.05, 3.63) is 0 Å². The van der Waals surface area contributed by atoms with Crippen molar-refractivity contribution in [3.63, 3.8) is 0 Å². The molecule has 0 spiro atoms. The fourth-order valence-electron chi connectivity index (χ4n) is 2.47. The second kappa shape index (κ2) is 17.6. The van der Waals surface area contributed by atoms with E-state index in [1.807, 2.05) is 0 Å². The zero-order valence-electron chi connectivity index (χ0n) is 20.8. The van der Waals surface area contributed by atoms with Crippen LogP contribution in [0.3, 0.4) is 0 Å². The van der Waals surface area contributed by atoms with E-state index in [0.717, 1.165) is 0 Å². The first-order valence-electron chi connectivity index (χ1n) is 10.4. The number of rotatable bonds is 15. The molecule has 0 fully saturated rings. The zero-order valence-corrected chi connectivity index (χ0v) is 28.2. The van der Waals surface area contributed by atoms with E-state index < -0.39 is 7.81 Å². The molecule has 32 heavy (non-hydrogen) atoms. The maximum atomic E-state index is 9.87. The van der Waals surface area contributed by atoms with Gasteiger partial charge in [0.25, 0.3) is 0 Å². The molecule has 0 atom stereocenters. The second-order valence-corrected chi connectivity index (χ2v) is 27.0. The topological polar surface area (TPSA) is 0 Å². The van der Waals surface area contributed by atoms with Crippen molar-refractivity contribution < 1.29 is 41.7 Å². The molecular formula is C18H45F6NiP7. The Balaban J connectivity index is -0.000000903. The minimum Gasteiger partial charge on any atom is 0 e. The summed E-state index contributed by atoms with van der Waals surface area (Å²) in [6.45, 7) is 19.8. The molecule has 0 aromatic rings. The summed E-state index contributed by atoms with van der Waals surface area (Å²) in [6.07, 6.45) is 15.9. The van der Waals surface area contributed by atoms with Gasteiger partial charge in [0.2, 0.25) is 0 Å². The predicted octanol–water partition coefficient (Wildman–Crippen LogP) is 10.0. The van der Waals surface area contributed by atoms with Gasteiger partial charge in [-0.15, -0.1) is 39.6 Å². The third-order valence-electron chi connectivity index (χ3n) is 4.33. The maximum Gasteiger partial charge on any atom is 0 e. The van der Waals surface area contributed by atoms with Crippen LogP contribution in [0, 0.1) is 0 Å². The standard InChI is InChI=1S/C18H44P6.F6P.Ni/c1-19(2)9-13-23(14-10-20(3)4)17-18-24(15-11-21(5)6)16-12-22(7)8;1-7(2,3,4,5)6;/h9-18H2,1-8H3;;/q;-1;/p+1. The first kappa shape index (κ1) is 39.6. The minimum atomic E-state index is -10.7. The molecule has 0 nitrogen and oxygen atoms in total. The summed E-state index contributed by atoms with van der Waals surface area (Å²) in [6, 6.07) is 0. The molecule has 0 aromatic heterocycles. The smallest absolute Gasteiger partial charge is 0 e. The third kappa shape index (κ3) is 43.2. The average Bonchev–Trinajstić information content (AvgIpc) is 2.51. The average molecular weight is 651 g/mol. The largest absolute Gasteiger partial charge is 0 e. The summed E-state index contributed by atoms with van der Waals surface area (Å²) in [4.78, 5) is 0. The maximum absolute atomic E-state index is 10.7. The molecule has 204 valence electrons. The first-order valence-corrected chi connectivity index (χ1v) is 26.1. The molecule has 0 heterocycles. The minimum absolute atomic E-state index is 0. The first-order chi connectivity index (χ1) is 13.7. The SMILES string of the molecule is CP(C)CCP(CCP(C)C)CC[PH+](CCP(C)C)CCP(C)C.F[P-](F)(F)(F)(F)F.[Ni]. The van der Waals surface area contributed by atoms with E-state index in [-0.39, 0.29) is 24.4 Å². The van der Waals surface area contributed by atoms with Crippen LogP contribution in [0.5, 0.6) is 0 Å². The number of halogens is 6. The van der Waals surface area contributed by atoms with E-state index in [9.17, 15) is 25.2 Å². The Morgan fingerprint density at radius 1 is 0.469 bits per heavy atom. The van der Waals surface area contributed by atoms with Gasteiger partial charge < -0.3 is 0 Å². The van der Waals surface area contributed by atoms with Crippen LogP contribution in [0.4, 0.5) is 25.2 Å². The molecular weight excluding hydrogens is 606 g/mol. The molecule has 0 amide bonds. The van der Waals surface area contributed by atoms with Crippen LogP contribution in [0.15, 0.2) is 0 Å². The molecule has 0 unspecified atom stereocenters. The van der Waals surface area contributed by atoms with Crippen LogP contribution < -0.4 is 0 Å². The van der Waals surface area contributed by atoms with Crippen LogP contribution >= 0.6 is 55.3 Å². The normalized spacial score (nSPS) is 14.6. The molecule has 0 N–H and O–H groups in total. The molecule has 14 heteroatoms. The summed E-state index contributed by atoms with van der Waals surface area (Å²) in [5.41, 5.74) is 0. The van der Waals surface area contributed by atoms with Gasteiger partial charge in [-0.05, 0) is 78.0 Å². The summed E-state index contributed by atoms with van der Waals surface area (Å²) < 4.78 is 59.2. The van der Waals surface area contributed by atoms with Crippen molar-refractivity contribution in [2.75, 3.05) is 115 Å². The van der Waals surface area contributed by atoms with E-state index in [1.54, 1.807) is 61.6 Å². The van der Waals surface area contributed by atoms with Crippen molar-refractivity contribution >= 4 is 55.3 Å². The number of hydrogen-bond donors (Lipinski definition) is 0. The van der Waals surface area contributed by atoms with Crippen LogP contribution in [-0.4, -0.2) is 115 Å². The van der Waals surface area contributed by atoms with E-state index in [1.165, 1.54) is 0 Å². The molecule has 0 saturated heterocycles. The zero-order chi connectivity index (χ0) is 24.9. The summed E-state index contributed by atoms with van der Waals surface area (Å²) >= 11 is 0. The van der Waals surface area contributed by atoms with Gasteiger partial charge in [0.15, 0.2) is 0 Å². The van der Waals surface area contributed by atoms with Crippen LogP contribution in [0.25, 0.3) is 0 Å². The summed E-state index contributed by atoms with van der Waals surface area (Å²) in [5.74, 6) is 0. The van der Waals surface area contributed by atoms with Crippen molar-refractivity contribution in [1.29, 1.82) is 0 Å². The molecule has 0 aliphatic carbocycles. The Hall–Kier alpha value is 3.08. The van der Waals surface area contributed by atoms with Gasteiger partial charge in [0.05, 0.1) is 18.5 Å². The van der Waals surface area contributed by atoms with E-state index in [0.29, 0.717) is 39.6 Å². The van der Waals surface area contributed by atoms with Gasteiger partial charge >= 0.3 is 33.0 Å². The Morgan fingerprint density at radius 3 is 0.969 bits per heavy atom. The molecule has 0 aliphatic rings. The van der Waals surface area contributed by atoms with Gasteiger partial charge in [-0.1, -0.05) is 0 Å². The van der Waals surface area contributed by atoms with Crippen molar-refractivity contribution in [1.82, 2.24) is 0 Å². The number of hydrogen-bond acceptors (Lipinski definition) is 0. The quantitative estimate of drug-likeness (QED) is 0.0940. The second-order valence-electron chi connectivity index (χ2n) is 9.01. The van der Waals surface area contributed by atoms with Crippen LogP contribution in [0.2, 0.25) is 0 Å². The van der Waals surface area contributed by atoms with Crippen molar-refractivity contribution in [2.45, 2.75) is 0 Å². The fourth-order valence-corrected chi connectivity index (χ4v) is 18.0. The Morgan fingerprint density at radius 2 is 0.719 bits per heavy atom. The Bertz CT molecular complexity index is 398. The van der Waals surface area contributed by atoms with Crippen molar-refractivity contribution in [3.8, 4) is 0 Å². The Kier molecular flexibility index (Phi) is 21.7. The van der Waals surface area contributed by atoms with Gasteiger partial charge in [-0.25, -0.2) is 0 Å². The summed E-state index contributed by atoms with van der Waals surface area (Å²) in [7, 11) is -9.06. The Labute approximate surface area is 211 Å². The van der Waals surface area contributed by atoms with Crippen LogP contribution in [-0.2, 0) is 16.5 Å². The third-order valence-corrected chi connectivity index (χ3v) is 16.2. The van der Waals surface area contributed by atoms with Gasteiger partial charge in [-0.3, -0.25) is 0 Å². The van der Waals surface area contributed by atoms with Gasteiger partial charge in [0.1, 0.15) is 0 Å². The van der Waals surface area contributed by atoms with E-state index in [2.05, 4.69) is 53.3 Å². The van der Waals surface area contributed by atoms with Gasteiger partial charge in [0, 0.05) is 42.9 Å². The monoisotopic (exact) mass is 650 g/mol. The predicted molar refractivity (Wildman–Crippen MR) is 153 cm³/mol. The molecule has 0 rings (SSSR count).